The third-order valence-electron chi connectivity index (χ3n) is 5.04. The van der Waals surface area contributed by atoms with E-state index in [0.717, 1.165) is 21.2 Å². The van der Waals surface area contributed by atoms with E-state index in [1.165, 1.54) is 5.01 Å². The zero-order valence-electron chi connectivity index (χ0n) is 16.8. The van der Waals surface area contributed by atoms with E-state index in [-0.39, 0.29) is 18.6 Å². The minimum atomic E-state index is -0.556. The van der Waals surface area contributed by atoms with Crippen LogP contribution in [-0.4, -0.2) is 39.0 Å². The van der Waals surface area contributed by atoms with Gasteiger partial charge in [-0.3, -0.25) is 4.79 Å². The van der Waals surface area contributed by atoms with Gasteiger partial charge in [0.15, 0.2) is 6.61 Å². The Labute approximate surface area is 192 Å². The highest BCUT2D eigenvalue weighted by Crippen LogP contribution is 2.35. The Kier molecular flexibility index (Phi) is 5.66. The van der Waals surface area contributed by atoms with Crippen LogP contribution in [0, 0.1) is 0 Å². The number of amides is 1. The van der Waals surface area contributed by atoms with Gasteiger partial charge in [0.05, 0.1) is 27.9 Å². The second kappa shape index (κ2) is 8.89. The molecule has 1 aromatic carbocycles. The number of ether oxygens (including phenoxy) is 1. The molecule has 0 radical (unpaired) electrons. The molecule has 32 heavy (non-hydrogen) atoms. The van der Waals surface area contributed by atoms with Gasteiger partial charge in [0.1, 0.15) is 0 Å². The average Bonchev–Trinajstić information content (AvgIpc) is 3.63. The molecule has 0 aliphatic carbocycles. The second-order valence-corrected chi connectivity index (χ2v) is 9.00. The maximum Gasteiger partial charge on any atom is 0.338 e. The van der Waals surface area contributed by atoms with Gasteiger partial charge >= 0.3 is 5.97 Å². The van der Waals surface area contributed by atoms with Gasteiger partial charge in [0, 0.05) is 23.7 Å². The quantitative estimate of drug-likeness (QED) is 0.395. The van der Waals surface area contributed by atoms with Crippen LogP contribution >= 0.6 is 22.7 Å². The van der Waals surface area contributed by atoms with Crippen LogP contribution in [-0.2, 0) is 9.53 Å². The Hall–Kier alpha value is -3.56. The van der Waals surface area contributed by atoms with Crippen LogP contribution in [0.2, 0.25) is 0 Å². The molecular formula is C23H18N4O3S2. The van der Waals surface area contributed by atoms with Gasteiger partial charge in [0.2, 0.25) is 0 Å². The van der Waals surface area contributed by atoms with Crippen molar-refractivity contribution in [2.75, 3.05) is 6.61 Å². The first-order chi connectivity index (χ1) is 15.7. The number of nitrogens with zero attached hydrogens (tertiary/aromatic N) is 4. The minimum Gasteiger partial charge on any atom is -0.452 e. The van der Waals surface area contributed by atoms with E-state index in [1.807, 2.05) is 47.3 Å². The van der Waals surface area contributed by atoms with Gasteiger partial charge in [-0.2, -0.15) is 10.2 Å². The van der Waals surface area contributed by atoms with Crippen molar-refractivity contribution < 1.29 is 14.3 Å². The van der Waals surface area contributed by atoms with Crippen LogP contribution in [0.1, 0.15) is 32.6 Å². The van der Waals surface area contributed by atoms with E-state index in [0.29, 0.717) is 12.0 Å². The summed E-state index contributed by atoms with van der Waals surface area (Å²) in [4.78, 5) is 27.5. The summed E-state index contributed by atoms with van der Waals surface area (Å²) in [5.74, 6) is -0.906. The van der Waals surface area contributed by atoms with Crippen LogP contribution < -0.4 is 0 Å². The third-order valence-corrected chi connectivity index (χ3v) is 6.93. The molecular weight excluding hydrogens is 444 g/mol. The fraction of sp³-hybridized carbons (Fsp3) is 0.130. The molecule has 5 rings (SSSR count). The molecule has 3 aromatic heterocycles. The molecule has 160 valence electrons. The Morgan fingerprint density at radius 2 is 1.84 bits per heavy atom. The van der Waals surface area contributed by atoms with Crippen molar-refractivity contribution >= 4 is 40.3 Å². The van der Waals surface area contributed by atoms with E-state index in [2.05, 4.69) is 10.2 Å². The number of carbonyl (C=O) groups is 2. The van der Waals surface area contributed by atoms with Crippen LogP contribution in [0.4, 0.5) is 0 Å². The molecule has 0 saturated carbocycles. The third kappa shape index (κ3) is 4.12. The number of thiophene rings is 2. The van der Waals surface area contributed by atoms with Gasteiger partial charge in [-0.25, -0.2) is 14.5 Å². The molecule has 0 N–H and O–H groups in total. The molecule has 9 heteroatoms. The van der Waals surface area contributed by atoms with Crippen LogP contribution in [0.5, 0.6) is 0 Å². The number of hydrogen-bond acceptors (Lipinski definition) is 7. The zero-order chi connectivity index (χ0) is 21.9. The van der Waals surface area contributed by atoms with Crippen LogP contribution in [0.25, 0.3) is 5.69 Å². The van der Waals surface area contributed by atoms with Crippen molar-refractivity contribution in [3.05, 3.63) is 93.1 Å². The summed E-state index contributed by atoms with van der Waals surface area (Å²) < 4.78 is 7.00. The summed E-state index contributed by atoms with van der Waals surface area (Å²) >= 11 is 3.18. The van der Waals surface area contributed by atoms with Crippen molar-refractivity contribution in [2.45, 2.75) is 12.5 Å². The summed E-state index contributed by atoms with van der Waals surface area (Å²) in [5.41, 5.74) is 2.06. The van der Waals surface area contributed by atoms with Crippen LogP contribution in [0.3, 0.4) is 0 Å². The molecule has 0 bridgehead atoms. The summed E-state index contributed by atoms with van der Waals surface area (Å²) in [7, 11) is 0. The van der Waals surface area contributed by atoms with E-state index in [1.54, 1.807) is 57.8 Å². The normalized spacial score (nSPS) is 15.6. The van der Waals surface area contributed by atoms with Gasteiger partial charge in [-0.05, 0) is 53.2 Å². The highest BCUT2D eigenvalue weighted by molar-refractivity contribution is 7.12. The second-order valence-electron chi connectivity index (χ2n) is 7.07. The first kappa shape index (κ1) is 20.3. The number of benzene rings is 1. The Balaban J connectivity index is 1.27. The first-order valence-electron chi connectivity index (χ1n) is 9.93. The highest BCUT2D eigenvalue weighted by atomic mass is 32.1. The largest absolute Gasteiger partial charge is 0.452 e. The van der Waals surface area contributed by atoms with Crippen molar-refractivity contribution in [3.8, 4) is 5.69 Å². The Morgan fingerprint density at radius 1 is 1.03 bits per heavy atom. The summed E-state index contributed by atoms with van der Waals surface area (Å²) in [6, 6.07) is 16.4. The molecule has 4 aromatic rings. The number of aromatic nitrogens is 2. The lowest BCUT2D eigenvalue weighted by atomic mass is 10.1. The van der Waals surface area contributed by atoms with Crippen molar-refractivity contribution in [2.24, 2.45) is 5.10 Å². The molecule has 0 spiro atoms. The number of rotatable bonds is 6. The topological polar surface area (TPSA) is 76.8 Å². The summed E-state index contributed by atoms with van der Waals surface area (Å²) in [6.07, 6.45) is 4.13. The zero-order valence-corrected chi connectivity index (χ0v) is 18.5. The number of hydrazone groups is 1. The van der Waals surface area contributed by atoms with Gasteiger partial charge in [0.25, 0.3) is 5.91 Å². The maximum atomic E-state index is 12.9. The molecule has 1 aliphatic rings. The Morgan fingerprint density at radius 3 is 2.53 bits per heavy atom. The summed E-state index contributed by atoms with van der Waals surface area (Å²) in [5, 5.41) is 14.2. The van der Waals surface area contributed by atoms with E-state index >= 15 is 0 Å². The summed E-state index contributed by atoms with van der Waals surface area (Å²) in [6.45, 7) is -0.372. The van der Waals surface area contributed by atoms with Crippen molar-refractivity contribution in [3.63, 3.8) is 0 Å². The minimum absolute atomic E-state index is 0.188. The fourth-order valence-electron chi connectivity index (χ4n) is 3.48. The molecule has 1 amide bonds. The lowest BCUT2D eigenvalue weighted by Crippen LogP contribution is -2.31. The number of esters is 1. The van der Waals surface area contributed by atoms with Crippen molar-refractivity contribution in [1.82, 2.24) is 14.8 Å². The smallest absolute Gasteiger partial charge is 0.338 e. The average molecular weight is 463 g/mol. The monoisotopic (exact) mass is 462 g/mol. The molecule has 1 aliphatic heterocycles. The molecule has 1 unspecified atom stereocenters. The van der Waals surface area contributed by atoms with E-state index < -0.39 is 5.97 Å². The van der Waals surface area contributed by atoms with E-state index in [4.69, 9.17) is 4.74 Å². The van der Waals surface area contributed by atoms with Gasteiger partial charge in [-0.1, -0.05) is 12.1 Å². The standard InChI is InChI=1S/C23H18N4O3S2/c28-22(15-30-23(29)16-6-8-17(9-7-16)26-11-3-10-24-26)27-19(21-5-2-13-32-21)14-18(25-27)20-4-1-12-31-20/h1-13,19H,14-15H2. The SMILES string of the molecule is O=C(OCC(=O)N1N=C(c2cccs2)CC1c1cccs1)c1ccc(-n2cccn2)cc1. The lowest BCUT2D eigenvalue weighted by molar-refractivity contribution is -0.136. The Bertz CT molecular complexity index is 1230. The number of carbonyl (C=O) groups excluding carboxylic acids is 2. The predicted octanol–water partition coefficient (Wildman–Crippen LogP) is 4.53. The van der Waals surface area contributed by atoms with E-state index in [9.17, 15) is 9.59 Å². The number of hydrogen-bond donors (Lipinski definition) is 0. The molecule has 0 fully saturated rings. The first-order valence-corrected chi connectivity index (χ1v) is 11.7. The molecule has 0 saturated heterocycles. The van der Waals surface area contributed by atoms with Crippen LogP contribution in [0.15, 0.2) is 82.9 Å². The maximum absolute atomic E-state index is 12.9. The van der Waals surface area contributed by atoms with Crippen molar-refractivity contribution in [1.29, 1.82) is 0 Å². The highest BCUT2D eigenvalue weighted by Gasteiger charge is 2.34. The fourth-order valence-corrected chi connectivity index (χ4v) is 5.02. The predicted molar refractivity (Wildman–Crippen MR) is 123 cm³/mol. The molecule has 1 atom stereocenters. The molecule has 7 nitrogen and oxygen atoms in total. The van der Waals surface area contributed by atoms with Gasteiger partial charge < -0.3 is 4.74 Å². The molecule has 4 heterocycles. The lowest BCUT2D eigenvalue weighted by Gasteiger charge is -2.20. The van der Waals surface area contributed by atoms with Gasteiger partial charge in [-0.15, -0.1) is 22.7 Å².